The highest BCUT2D eigenvalue weighted by Gasteiger charge is 2.61. The van der Waals surface area contributed by atoms with Crippen LogP contribution in [0.3, 0.4) is 0 Å². The van der Waals surface area contributed by atoms with Gasteiger partial charge in [0.25, 0.3) is 0 Å². The van der Waals surface area contributed by atoms with Gasteiger partial charge in [0.2, 0.25) is 5.91 Å². The Morgan fingerprint density at radius 1 is 1.15 bits per heavy atom. The van der Waals surface area contributed by atoms with Crippen LogP contribution in [0.2, 0.25) is 0 Å². The Hall–Kier alpha value is -1.77. The molecule has 1 aliphatic heterocycles. The first-order valence-electron chi connectivity index (χ1n) is 10.1. The molecule has 2 bridgehead atoms. The number of anilines is 1. The van der Waals surface area contributed by atoms with Gasteiger partial charge in [0.05, 0.1) is 5.41 Å². The number of benzene rings is 1. The summed E-state index contributed by atoms with van der Waals surface area (Å²) in [7, 11) is 0. The molecule has 3 fully saturated rings. The minimum Gasteiger partial charge on any atom is -0.368 e. The first kappa shape index (κ1) is 17.6. The molecule has 140 valence electrons. The molecular weight excluding hydrogens is 320 g/mol. The quantitative estimate of drug-likeness (QED) is 0.740. The Labute approximate surface area is 158 Å². The highest BCUT2D eigenvalue weighted by molar-refractivity contribution is 5.88. The number of hydrogen-bond acceptors (Lipinski definition) is 2. The molecule has 3 nitrogen and oxygen atoms in total. The number of piperazine rings is 1. The van der Waals surface area contributed by atoms with Crippen molar-refractivity contribution in [3.8, 4) is 0 Å². The highest BCUT2D eigenvalue weighted by Crippen LogP contribution is 2.65. The van der Waals surface area contributed by atoms with Crippen LogP contribution in [0.1, 0.15) is 44.2 Å². The van der Waals surface area contributed by atoms with Gasteiger partial charge in [0, 0.05) is 31.9 Å². The van der Waals surface area contributed by atoms with Gasteiger partial charge in [-0.2, -0.15) is 0 Å². The molecule has 2 unspecified atom stereocenters. The maximum atomic E-state index is 13.5. The summed E-state index contributed by atoms with van der Waals surface area (Å²) in [5.41, 5.74) is 5.06. The number of amides is 1. The fourth-order valence-electron chi connectivity index (χ4n) is 5.65. The summed E-state index contributed by atoms with van der Waals surface area (Å²) in [4.78, 5) is 18.0. The second kappa shape index (κ2) is 5.87. The lowest BCUT2D eigenvalue weighted by Gasteiger charge is -2.43. The molecule has 2 aliphatic carbocycles. The summed E-state index contributed by atoms with van der Waals surface area (Å²) in [5, 5.41) is 0. The largest absolute Gasteiger partial charge is 0.368 e. The summed E-state index contributed by atoms with van der Waals surface area (Å²) >= 11 is 0. The Balaban J connectivity index is 1.48. The third-order valence-corrected chi connectivity index (χ3v) is 7.78. The molecule has 1 aromatic rings. The molecule has 0 aromatic heterocycles. The predicted octanol–water partition coefficient (Wildman–Crippen LogP) is 4.33. The monoisotopic (exact) mass is 352 g/mol. The second-order valence-electron chi connectivity index (χ2n) is 9.22. The molecule has 0 N–H and O–H groups in total. The van der Waals surface area contributed by atoms with Crippen LogP contribution in [0.15, 0.2) is 30.4 Å². The molecule has 0 radical (unpaired) electrons. The molecule has 3 heteroatoms. The van der Waals surface area contributed by atoms with Crippen molar-refractivity contribution in [1.82, 2.24) is 4.90 Å². The van der Waals surface area contributed by atoms with Crippen LogP contribution in [0.25, 0.3) is 0 Å². The van der Waals surface area contributed by atoms with Gasteiger partial charge in [-0.1, -0.05) is 38.1 Å². The lowest BCUT2D eigenvalue weighted by molar-refractivity contribution is -0.140. The average Bonchev–Trinajstić information content (AvgIpc) is 3.16. The Morgan fingerprint density at radius 3 is 2.46 bits per heavy atom. The number of rotatable bonds is 2. The summed E-state index contributed by atoms with van der Waals surface area (Å²) < 4.78 is 0. The van der Waals surface area contributed by atoms with E-state index in [1.807, 2.05) is 0 Å². The molecule has 4 rings (SSSR count). The van der Waals surface area contributed by atoms with E-state index in [4.69, 9.17) is 0 Å². The van der Waals surface area contributed by atoms with E-state index in [1.165, 1.54) is 28.8 Å². The topological polar surface area (TPSA) is 23.6 Å². The molecular formula is C23H32N2O. The van der Waals surface area contributed by atoms with Crippen molar-refractivity contribution in [2.75, 3.05) is 31.1 Å². The summed E-state index contributed by atoms with van der Waals surface area (Å²) in [6.45, 7) is 16.8. The maximum Gasteiger partial charge on any atom is 0.233 e. The van der Waals surface area contributed by atoms with E-state index >= 15 is 0 Å². The van der Waals surface area contributed by atoms with Gasteiger partial charge in [-0.3, -0.25) is 4.79 Å². The molecule has 1 amide bonds. The molecule has 1 aromatic carbocycles. The minimum absolute atomic E-state index is 0.119. The molecule has 1 heterocycles. The first-order chi connectivity index (χ1) is 12.3. The SMILES string of the molecule is C=C1C2(C(=O)N3CCN(c4cccc(C)c4C)CC3)CCC(C2)C1(C)C. The number of carbonyl (C=O) groups is 1. The van der Waals surface area contributed by atoms with Crippen LogP contribution in [0, 0.1) is 30.6 Å². The van der Waals surface area contributed by atoms with Gasteiger partial charge in [-0.05, 0) is 61.6 Å². The van der Waals surface area contributed by atoms with Crippen LogP contribution in [0.4, 0.5) is 5.69 Å². The minimum atomic E-state index is -0.268. The van der Waals surface area contributed by atoms with Gasteiger partial charge in [-0.15, -0.1) is 0 Å². The molecule has 3 aliphatic rings. The molecule has 26 heavy (non-hydrogen) atoms. The van der Waals surface area contributed by atoms with E-state index in [0.29, 0.717) is 11.8 Å². The van der Waals surface area contributed by atoms with Crippen molar-refractivity contribution < 1.29 is 4.79 Å². The van der Waals surface area contributed by atoms with Crippen LogP contribution < -0.4 is 4.90 Å². The van der Waals surface area contributed by atoms with Gasteiger partial charge >= 0.3 is 0 Å². The smallest absolute Gasteiger partial charge is 0.233 e. The Morgan fingerprint density at radius 2 is 1.85 bits per heavy atom. The standard InChI is InChI=1S/C23H32N2O/c1-16-7-6-8-20(17(16)2)24-11-13-25(14-12-24)21(26)23-10-9-19(15-23)22(4,5)18(23)3/h6-8,19H,3,9-15H2,1-2,4-5H3. The summed E-state index contributed by atoms with van der Waals surface area (Å²) in [5.74, 6) is 0.992. The fourth-order valence-corrected chi connectivity index (χ4v) is 5.65. The van der Waals surface area contributed by atoms with E-state index in [1.54, 1.807) is 0 Å². The highest BCUT2D eigenvalue weighted by atomic mass is 16.2. The lowest BCUT2D eigenvalue weighted by atomic mass is 9.68. The van der Waals surface area contributed by atoms with Gasteiger partial charge in [-0.25, -0.2) is 0 Å². The van der Waals surface area contributed by atoms with Crippen molar-refractivity contribution in [3.63, 3.8) is 0 Å². The zero-order chi connectivity index (χ0) is 18.7. The zero-order valence-electron chi connectivity index (χ0n) is 16.8. The van der Waals surface area contributed by atoms with E-state index < -0.39 is 0 Å². The van der Waals surface area contributed by atoms with Crippen molar-refractivity contribution >= 4 is 11.6 Å². The van der Waals surface area contributed by atoms with Gasteiger partial charge in [0.1, 0.15) is 0 Å². The summed E-state index contributed by atoms with van der Waals surface area (Å²) in [6, 6.07) is 6.51. The average molecular weight is 353 g/mol. The first-order valence-corrected chi connectivity index (χ1v) is 10.1. The van der Waals surface area contributed by atoms with E-state index in [-0.39, 0.29) is 10.8 Å². The number of nitrogens with zero attached hydrogens (tertiary/aromatic N) is 2. The number of fused-ring (bicyclic) bond motifs is 2. The Kier molecular flexibility index (Phi) is 3.98. The lowest BCUT2D eigenvalue weighted by Crippen LogP contribution is -2.53. The van der Waals surface area contributed by atoms with E-state index in [2.05, 4.69) is 62.3 Å². The van der Waals surface area contributed by atoms with Gasteiger partial charge in [0.15, 0.2) is 0 Å². The normalized spacial score (nSPS) is 30.2. The molecule has 2 atom stereocenters. The number of carbonyl (C=O) groups excluding carboxylic acids is 1. The maximum absolute atomic E-state index is 13.5. The number of aryl methyl sites for hydroxylation is 1. The third kappa shape index (κ3) is 2.35. The molecule has 0 spiro atoms. The van der Waals surface area contributed by atoms with Crippen molar-refractivity contribution in [2.24, 2.45) is 16.7 Å². The van der Waals surface area contributed by atoms with Crippen molar-refractivity contribution in [2.45, 2.75) is 47.0 Å². The van der Waals surface area contributed by atoms with Gasteiger partial charge < -0.3 is 9.80 Å². The number of hydrogen-bond donors (Lipinski definition) is 0. The fraction of sp³-hybridized carbons (Fsp3) is 0.609. The molecule has 1 saturated heterocycles. The molecule has 2 saturated carbocycles. The third-order valence-electron chi connectivity index (χ3n) is 7.78. The van der Waals surface area contributed by atoms with Crippen LogP contribution in [0.5, 0.6) is 0 Å². The van der Waals surface area contributed by atoms with Crippen molar-refractivity contribution in [3.05, 3.63) is 41.5 Å². The van der Waals surface area contributed by atoms with Crippen molar-refractivity contribution in [1.29, 1.82) is 0 Å². The van der Waals surface area contributed by atoms with E-state index in [9.17, 15) is 4.79 Å². The van der Waals surface area contributed by atoms with Crippen LogP contribution in [-0.2, 0) is 4.79 Å². The van der Waals surface area contributed by atoms with Crippen LogP contribution >= 0.6 is 0 Å². The predicted molar refractivity (Wildman–Crippen MR) is 107 cm³/mol. The summed E-state index contributed by atoms with van der Waals surface area (Å²) in [6.07, 6.45) is 3.21. The Bertz CT molecular complexity index is 757. The van der Waals surface area contributed by atoms with Crippen LogP contribution in [-0.4, -0.2) is 37.0 Å². The zero-order valence-corrected chi connectivity index (χ0v) is 16.8. The second-order valence-corrected chi connectivity index (χ2v) is 9.22. The van der Waals surface area contributed by atoms with E-state index in [0.717, 1.165) is 39.0 Å².